The predicted octanol–water partition coefficient (Wildman–Crippen LogP) is 4.59. The second-order valence-electron chi connectivity index (χ2n) is 6.96. The number of rotatable bonds is 2. The SMILES string of the molecule is CC(C)(C)OC(=O)N1CCC([C@@H](C#N)c2ccc(Cl)cc2)CC1. The van der Waals surface area contributed by atoms with E-state index in [2.05, 4.69) is 6.07 Å². The molecule has 1 saturated heterocycles. The Labute approximate surface area is 143 Å². The Morgan fingerprint density at radius 1 is 1.30 bits per heavy atom. The molecule has 0 spiro atoms. The number of nitrogens with zero attached hydrogens (tertiary/aromatic N) is 2. The van der Waals surface area contributed by atoms with Crippen LogP contribution in [0.1, 0.15) is 45.1 Å². The molecule has 5 heteroatoms. The monoisotopic (exact) mass is 334 g/mol. The molecule has 0 saturated carbocycles. The number of piperidine rings is 1. The molecule has 4 nitrogen and oxygen atoms in total. The second kappa shape index (κ2) is 7.23. The van der Waals surface area contributed by atoms with Crippen LogP contribution in [0.15, 0.2) is 24.3 Å². The molecule has 0 bridgehead atoms. The largest absolute Gasteiger partial charge is 0.444 e. The molecule has 1 atom stereocenters. The highest BCUT2D eigenvalue weighted by Crippen LogP contribution is 2.33. The van der Waals surface area contributed by atoms with Gasteiger partial charge in [0.2, 0.25) is 0 Å². The number of halogens is 1. The second-order valence-corrected chi connectivity index (χ2v) is 7.40. The van der Waals surface area contributed by atoms with Gasteiger partial charge in [-0.1, -0.05) is 23.7 Å². The summed E-state index contributed by atoms with van der Waals surface area (Å²) in [7, 11) is 0. The first-order valence-electron chi connectivity index (χ1n) is 7.93. The minimum absolute atomic E-state index is 0.159. The van der Waals surface area contributed by atoms with Crippen molar-refractivity contribution in [2.45, 2.75) is 45.1 Å². The molecule has 124 valence electrons. The first-order valence-corrected chi connectivity index (χ1v) is 8.31. The Balaban J connectivity index is 1.96. The molecule has 1 aromatic rings. The molecule has 0 radical (unpaired) electrons. The number of nitriles is 1. The third-order valence-corrected chi connectivity index (χ3v) is 4.28. The lowest BCUT2D eigenvalue weighted by atomic mass is 9.81. The fraction of sp³-hybridized carbons (Fsp3) is 0.556. The van der Waals surface area contributed by atoms with Gasteiger partial charge in [-0.05, 0) is 57.2 Å². The molecule has 0 aliphatic carbocycles. The van der Waals surface area contributed by atoms with Gasteiger partial charge in [0.1, 0.15) is 5.60 Å². The van der Waals surface area contributed by atoms with E-state index < -0.39 is 5.60 Å². The highest BCUT2D eigenvalue weighted by molar-refractivity contribution is 6.30. The summed E-state index contributed by atoms with van der Waals surface area (Å²) in [5.74, 6) is 0.0907. The highest BCUT2D eigenvalue weighted by Gasteiger charge is 2.31. The first-order chi connectivity index (χ1) is 10.8. The zero-order valence-electron chi connectivity index (χ0n) is 13.9. The van der Waals surface area contributed by atoms with E-state index in [-0.39, 0.29) is 17.9 Å². The summed E-state index contributed by atoms with van der Waals surface area (Å²) in [5.41, 5.74) is 0.513. The van der Waals surface area contributed by atoms with Crippen molar-refractivity contribution in [3.05, 3.63) is 34.9 Å². The number of carbonyl (C=O) groups is 1. The van der Waals surface area contributed by atoms with Gasteiger partial charge in [0.15, 0.2) is 0 Å². The zero-order chi connectivity index (χ0) is 17.0. The standard InChI is InChI=1S/C18H23ClN2O2/c1-18(2,3)23-17(22)21-10-8-14(9-11-21)16(12-20)13-4-6-15(19)7-5-13/h4-7,14,16H,8-11H2,1-3H3/t16-/m0/s1. The Kier molecular flexibility index (Phi) is 5.54. The minimum atomic E-state index is -0.480. The molecule has 1 aliphatic rings. The van der Waals surface area contributed by atoms with Crippen LogP contribution in [0.2, 0.25) is 5.02 Å². The number of carbonyl (C=O) groups excluding carboxylic acids is 1. The van der Waals surface area contributed by atoms with Crippen LogP contribution >= 0.6 is 11.6 Å². The molecule has 1 aromatic carbocycles. The van der Waals surface area contributed by atoms with Crippen LogP contribution in [0.3, 0.4) is 0 Å². The quantitative estimate of drug-likeness (QED) is 0.794. The first kappa shape index (κ1) is 17.6. The highest BCUT2D eigenvalue weighted by atomic mass is 35.5. The van der Waals surface area contributed by atoms with Crippen LogP contribution in [-0.4, -0.2) is 29.7 Å². The molecule has 1 fully saturated rings. The molecule has 1 aliphatic heterocycles. The predicted molar refractivity (Wildman–Crippen MR) is 90.3 cm³/mol. The van der Waals surface area contributed by atoms with E-state index >= 15 is 0 Å². The van der Waals surface area contributed by atoms with E-state index in [4.69, 9.17) is 16.3 Å². The van der Waals surface area contributed by atoms with Crippen LogP contribution in [0.4, 0.5) is 4.79 Å². The zero-order valence-corrected chi connectivity index (χ0v) is 14.6. The number of hydrogen-bond acceptors (Lipinski definition) is 3. The topological polar surface area (TPSA) is 53.3 Å². The Morgan fingerprint density at radius 2 is 1.87 bits per heavy atom. The van der Waals surface area contributed by atoms with Crippen molar-refractivity contribution < 1.29 is 9.53 Å². The molecule has 2 rings (SSSR count). The van der Waals surface area contributed by atoms with Crippen LogP contribution in [0, 0.1) is 17.2 Å². The van der Waals surface area contributed by atoms with E-state index in [1.165, 1.54) is 0 Å². The smallest absolute Gasteiger partial charge is 0.410 e. The normalized spacial score (nSPS) is 17.4. The van der Waals surface area contributed by atoms with Gasteiger partial charge in [-0.3, -0.25) is 0 Å². The average Bonchev–Trinajstić information content (AvgIpc) is 2.49. The fourth-order valence-corrected chi connectivity index (χ4v) is 2.99. The van der Waals surface area contributed by atoms with Crippen molar-refractivity contribution in [3.8, 4) is 6.07 Å². The van der Waals surface area contributed by atoms with Gasteiger partial charge in [0.25, 0.3) is 0 Å². The third kappa shape index (κ3) is 4.87. The number of benzene rings is 1. The molecular formula is C18H23ClN2O2. The number of ether oxygens (including phenoxy) is 1. The van der Waals surface area contributed by atoms with Gasteiger partial charge in [0.05, 0.1) is 12.0 Å². The van der Waals surface area contributed by atoms with Crippen molar-refractivity contribution >= 4 is 17.7 Å². The van der Waals surface area contributed by atoms with Crippen LogP contribution in [-0.2, 0) is 4.74 Å². The summed E-state index contributed by atoms with van der Waals surface area (Å²) in [6.45, 7) is 6.86. The summed E-state index contributed by atoms with van der Waals surface area (Å²) in [5, 5.41) is 10.2. The van der Waals surface area contributed by atoms with E-state index in [0.29, 0.717) is 18.1 Å². The summed E-state index contributed by atoms with van der Waals surface area (Å²) in [6.07, 6.45) is 1.34. The molecular weight excluding hydrogens is 312 g/mol. The number of hydrogen-bond donors (Lipinski definition) is 0. The van der Waals surface area contributed by atoms with E-state index in [9.17, 15) is 10.1 Å². The van der Waals surface area contributed by atoms with Crippen molar-refractivity contribution in [1.29, 1.82) is 5.26 Å². The maximum absolute atomic E-state index is 12.1. The van der Waals surface area contributed by atoms with Crippen LogP contribution < -0.4 is 0 Å². The van der Waals surface area contributed by atoms with Gasteiger partial charge < -0.3 is 9.64 Å². The average molecular weight is 335 g/mol. The van der Waals surface area contributed by atoms with Crippen LogP contribution in [0.25, 0.3) is 0 Å². The molecule has 0 aromatic heterocycles. The van der Waals surface area contributed by atoms with Crippen molar-refractivity contribution in [3.63, 3.8) is 0 Å². The van der Waals surface area contributed by atoms with Crippen molar-refractivity contribution in [1.82, 2.24) is 4.90 Å². The molecule has 0 N–H and O–H groups in total. The fourth-order valence-electron chi connectivity index (χ4n) is 2.86. The van der Waals surface area contributed by atoms with Crippen molar-refractivity contribution in [2.24, 2.45) is 5.92 Å². The van der Waals surface area contributed by atoms with Gasteiger partial charge in [0, 0.05) is 18.1 Å². The van der Waals surface area contributed by atoms with Gasteiger partial charge in [-0.2, -0.15) is 5.26 Å². The number of likely N-dealkylation sites (tertiary alicyclic amines) is 1. The molecule has 1 heterocycles. The lowest BCUT2D eigenvalue weighted by Gasteiger charge is -2.35. The van der Waals surface area contributed by atoms with E-state index in [0.717, 1.165) is 18.4 Å². The molecule has 0 unspecified atom stereocenters. The minimum Gasteiger partial charge on any atom is -0.444 e. The maximum Gasteiger partial charge on any atom is 0.410 e. The van der Waals surface area contributed by atoms with Crippen molar-refractivity contribution in [2.75, 3.05) is 13.1 Å². The lowest BCUT2D eigenvalue weighted by molar-refractivity contribution is 0.0180. The number of amides is 1. The van der Waals surface area contributed by atoms with E-state index in [1.54, 1.807) is 4.90 Å². The summed E-state index contributed by atoms with van der Waals surface area (Å²) < 4.78 is 5.40. The van der Waals surface area contributed by atoms with Gasteiger partial charge in [-0.15, -0.1) is 0 Å². The van der Waals surface area contributed by atoms with E-state index in [1.807, 2.05) is 45.0 Å². The summed E-state index contributed by atoms with van der Waals surface area (Å²) in [4.78, 5) is 13.8. The Morgan fingerprint density at radius 3 is 2.35 bits per heavy atom. The maximum atomic E-state index is 12.1. The molecule has 1 amide bonds. The Bertz CT molecular complexity index is 579. The third-order valence-electron chi connectivity index (χ3n) is 4.03. The van der Waals surface area contributed by atoms with Gasteiger partial charge in [-0.25, -0.2) is 4.79 Å². The summed E-state index contributed by atoms with van der Waals surface area (Å²) >= 11 is 5.91. The van der Waals surface area contributed by atoms with Crippen LogP contribution in [0.5, 0.6) is 0 Å². The van der Waals surface area contributed by atoms with Gasteiger partial charge >= 0.3 is 6.09 Å². The Hall–Kier alpha value is -1.73. The summed E-state index contributed by atoms with van der Waals surface area (Å²) in [6, 6.07) is 9.87. The molecule has 23 heavy (non-hydrogen) atoms. The lowest BCUT2D eigenvalue weighted by Crippen LogP contribution is -2.42.